The maximum absolute atomic E-state index is 13.0. The van der Waals surface area contributed by atoms with Crippen LogP contribution in [0.4, 0.5) is 4.39 Å². The largest absolute Gasteiger partial charge is 0.366 e. The van der Waals surface area contributed by atoms with Crippen LogP contribution in [0.2, 0.25) is 0 Å². The van der Waals surface area contributed by atoms with Crippen LogP contribution >= 0.6 is 0 Å². The van der Waals surface area contributed by atoms with Gasteiger partial charge in [0.2, 0.25) is 5.91 Å². The first-order valence-corrected chi connectivity index (χ1v) is 5.97. The van der Waals surface area contributed by atoms with Crippen molar-refractivity contribution in [2.45, 2.75) is 39.3 Å². The predicted octanol–water partition coefficient (Wildman–Crippen LogP) is 2.82. The first-order chi connectivity index (χ1) is 8.28. The first kappa shape index (κ1) is 14.6. The lowest BCUT2D eigenvalue weighted by atomic mass is 10.1. The first-order valence-electron chi connectivity index (χ1n) is 5.97. The van der Waals surface area contributed by atoms with E-state index in [1.165, 1.54) is 12.1 Å². The predicted molar refractivity (Wildman–Crippen MR) is 68.7 cm³/mol. The van der Waals surface area contributed by atoms with Crippen LogP contribution in [0, 0.1) is 5.82 Å². The van der Waals surface area contributed by atoms with E-state index in [9.17, 15) is 9.18 Å². The van der Waals surface area contributed by atoms with Crippen LogP contribution in [0.3, 0.4) is 0 Å². The third kappa shape index (κ3) is 5.27. The second-order valence-corrected chi connectivity index (χ2v) is 5.25. The van der Waals surface area contributed by atoms with Crippen molar-refractivity contribution in [3.63, 3.8) is 0 Å². The van der Waals surface area contributed by atoms with E-state index < -0.39 is 0 Å². The van der Waals surface area contributed by atoms with Gasteiger partial charge in [0.25, 0.3) is 0 Å². The molecule has 1 rings (SSSR count). The molecule has 4 heteroatoms. The fourth-order valence-electron chi connectivity index (χ4n) is 1.42. The van der Waals surface area contributed by atoms with Crippen LogP contribution in [-0.2, 0) is 9.53 Å². The summed E-state index contributed by atoms with van der Waals surface area (Å²) in [5.74, 6) is -0.513. The standard InChI is InChI=1S/C14H20FNO2/c1-10(11-6-5-7-12(15)8-11)16-13(17)9-18-14(2,3)4/h5-8,10H,9H2,1-4H3,(H,16,17)/t10-/m1/s1. The van der Waals surface area contributed by atoms with Crippen molar-refractivity contribution >= 4 is 5.91 Å². The summed E-state index contributed by atoms with van der Waals surface area (Å²) in [6, 6.07) is 5.95. The van der Waals surface area contributed by atoms with Gasteiger partial charge in [0, 0.05) is 0 Å². The Morgan fingerprint density at radius 3 is 2.67 bits per heavy atom. The Bertz CT molecular complexity index is 413. The molecular formula is C14H20FNO2. The lowest BCUT2D eigenvalue weighted by Gasteiger charge is -2.20. The number of carbonyl (C=O) groups is 1. The van der Waals surface area contributed by atoms with Gasteiger partial charge in [-0.3, -0.25) is 4.79 Å². The van der Waals surface area contributed by atoms with Crippen molar-refractivity contribution in [2.75, 3.05) is 6.61 Å². The van der Waals surface area contributed by atoms with Crippen molar-refractivity contribution in [3.8, 4) is 0 Å². The molecule has 0 unspecified atom stereocenters. The number of rotatable bonds is 4. The highest BCUT2D eigenvalue weighted by Gasteiger charge is 2.15. The summed E-state index contributed by atoms with van der Waals surface area (Å²) in [5, 5.41) is 2.77. The van der Waals surface area contributed by atoms with Crippen molar-refractivity contribution in [1.82, 2.24) is 5.32 Å². The molecule has 0 aliphatic rings. The van der Waals surface area contributed by atoms with E-state index >= 15 is 0 Å². The van der Waals surface area contributed by atoms with Crippen LogP contribution in [0.15, 0.2) is 24.3 Å². The molecule has 0 saturated carbocycles. The van der Waals surface area contributed by atoms with Crippen LogP contribution in [-0.4, -0.2) is 18.1 Å². The van der Waals surface area contributed by atoms with Gasteiger partial charge < -0.3 is 10.1 Å². The molecule has 0 aliphatic carbocycles. The van der Waals surface area contributed by atoms with Gasteiger partial charge in [-0.1, -0.05) is 12.1 Å². The molecule has 0 aromatic heterocycles. The van der Waals surface area contributed by atoms with E-state index in [2.05, 4.69) is 5.32 Å². The summed E-state index contributed by atoms with van der Waals surface area (Å²) in [4.78, 5) is 11.6. The second-order valence-electron chi connectivity index (χ2n) is 5.25. The van der Waals surface area contributed by atoms with Gasteiger partial charge in [-0.25, -0.2) is 4.39 Å². The smallest absolute Gasteiger partial charge is 0.246 e. The third-order valence-electron chi connectivity index (χ3n) is 2.36. The topological polar surface area (TPSA) is 38.3 Å². The van der Waals surface area contributed by atoms with Crippen molar-refractivity contribution < 1.29 is 13.9 Å². The maximum atomic E-state index is 13.0. The number of ether oxygens (including phenoxy) is 1. The average Bonchev–Trinajstić information content (AvgIpc) is 2.25. The summed E-state index contributed by atoms with van der Waals surface area (Å²) in [6.07, 6.45) is 0. The molecule has 1 amide bonds. The van der Waals surface area contributed by atoms with Gasteiger partial charge >= 0.3 is 0 Å². The zero-order valence-corrected chi connectivity index (χ0v) is 11.3. The molecule has 100 valence electrons. The highest BCUT2D eigenvalue weighted by atomic mass is 19.1. The van der Waals surface area contributed by atoms with Gasteiger partial charge in [0.1, 0.15) is 12.4 Å². The van der Waals surface area contributed by atoms with E-state index in [0.717, 1.165) is 5.56 Å². The molecule has 0 heterocycles. The summed E-state index contributed by atoms with van der Waals surface area (Å²) >= 11 is 0. The number of benzene rings is 1. The second kappa shape index (κ2) is 5.96. The highest BCUT2D eigenvalue weighted by Crippen LogP contribution is 2.13. The summed E-state index contributed by atoms with van der Waals surface area (Å²) < 4.78 is 18.4. The number of nitrogens with one attached hydrogen (secondary N) is 1. The lowest BCUT2D eigenvalue weighted by Crippen LogP contribution is -2.33. The molecule has 0 fully saturated rings. The van der Waals surface area contributed by atoms with Gasteiger partial charge in [-0.15, -0.1) is 0 Å². The minimum absolute atomic E-state index is 0.00313. The van der Waals surface area contributed by atoms with Crippen molar-refractivity contribution in [2.24, 2.45) is 0 Å². The van der Waals surface area contributed by atoms with Gasteiger partial charge in [-0.05, 0) is 45.4 Å². The lowest BCUT2D eigenvalue weighted by molar-refractivity contribution is -0.131. The quantitative estimate of drug-likeness (QED) is 0.896. The molecule has 1 atom stereocenters. The van der Waals surface area contributed by atoms with Gasteiger partial charge in [0.15, 0.2) is 0 Å². The zero-order valence-electron chi connectivity index (χ0n) is 11.3. The monoisotopic (exact) mass is 253 g/mol. The number of amides is 1. The van der Waals surface area contributed by atoms with E-state index in [0.29, 0.717) is 0 Å². The van der Waals surface area contributed by atoms with Crippen LogP contribution in [0.1, 0.15) is 39.3 Å². The molecule has 0 bridgehead atoms. The molecule has 18 heavy (non-hydrogen) atoms. The van der Waals surface area contributed by atoms with Crippen LogP contribution in [0.25, 0.3) is 0 Å². The Kier molecular flexibility index (Phi) is 4.84. The van der Waals surface area contributed by atoms with E-state index in [-0.39, 0.29) is 30.0 Å². The minimum Gasteiger partial charge on any atom is -0.366 e. The van der Waals surface area contributed by atoms with Crippen LogP contribution in [0.5, 0.6) is 0 Å². The minimum atomic E-state index is -0.348. The van der Waals surface area contributed by atoms with Gasteiger partial charge in [0.05, 0.1) is 11.6 Å². The maximum Gasteiger partial charge on any atom is 0.246 e. The van der Waals surface area contributed by atoms with E-state index in [4.69, 9.17) is 4.74 Å². The van der Waals surface area contributed by atoms with Crippen LogP contribution < -0.4 is 5.32 Å². The average molecular weight is 253 g/mol. The number of hydrogen-bond donors (Lipinski definition) is 1. The fraction of sp³-hybridized carbons (Fsp3) is 0.500. The molecule has 1 aromatic carbocycles. The number of hydrogen-bond acceptors (Lipinski definition) is 2. The Labute approximate surface area is 107 Å². The Morgan fingerprint density at radius 1 is 1.44 bits per heavy atom. The molecule has 0 saturated heterocycles. The molecule has 0 radical (unpaired) electrons. The van der Waals surface area contributed by atoms with Crippen molar-refractivity contribution in [1.29, 1.82) is 0 Å². The molecule has 0 spiro atoms. The summed E-state index contributed by atoms with van der Waals surface area (Å²) in [6.45, 7) is 7.47. The van der Waals surface area contributed by atoms with Gasteiger partial charge in [-0.2, -0.15) is 0 Å². The summed E-state index contributed by atoms with van der Waals surface area (Å²) in [5.41, 5.74) is 0.388. The normalized spacial score (nSPS) is 13.2. The Balaban J connectivity index is 2.50. The molecule has 1 N–H and O–H groups in total. The number of carbonyl (C=O) groups excluding carboxylic acids is 1. The van der Waals surface area contributed by atoms with E-state index in [1.54, 1.807) is 12.1 Å². The molecule has 3 nitrogen and oxygen atoms in total. The third-order valence-corrected chi connectivity index (χ3v) is 2.36. The molecule has 1 aromatic rings. The summed E-state index contributed by atoms with van der Waals surface area (Å²) in [7, 11) is 0. The van der Waals surface area contributed by atoms with Crippen molar-refractivity contribution in [3.05, 3.63) is 35.6 Å². The number of halogens is 1. The molecule has 0 aliphatic heterocycles. The Morgan fingerprint density at radius 2 is 2.11 bits per heavy atom. The Hall–Kier alpha value is -1.42. The highest BCUT2D eigenvalue weighted by molar-refractivity contribution is 5.77. The SMILES string of the molecule is C[C@@H](NC(=O)COC(C)(C)C)c1cccc(F)c1. The zero-order chi connectivity index (χ0) is 13.8. The fourth-order valence-corrected chi connectivity index (χ4v) is 1.42. The van der Waals surface area contributed by atoms with E-state index in [1.807, 2.05) is 27.7 Å². The molecular weight excluding hydrogens is 233 g/mol.